The van der Waals surface area contributed by atoms with Crippen LogP contribution in [-0.4, -0.2) is 54.7 Å². The smallest absolute Gasteiger partial charge is 0.410 e. The Labute approximate surface area is 111 Å². The second-order valence-corrected chi connectivity index (χ2v) is 6.27. The molecule has 0 bridgehead atoms. The van der Waals surface area contributed by atoms with Crippen LogP contribution in [0.5, 0.6) is 0 Å². The van der Waals surface area contributed by atoms with Gasteiger partial charge in [0.2, 0.25) is 0 Å². The van der Waals surface area contributed by atoms with E-state index in [4.69, 9.17) is 4.74 Å². The lowest BCUT2D eigenvalue weighted by Crippen LogP contribution is -2.43. The number of piperidine rings is 1. The zero-order valence-electron chi connectivity index (χ0n) is 12.5. The van der Waals surface area contributed by atoms with Gasteiger partial charge in [-0.3, -0.25) is 0 Å². The van der Waals surface area contributed by atoms with E-state index < -0.39 is 5.60 Å². The van der Waals surface area contributed by atoms with Crippen molar-refractivity contribution in [3.63, 3.8) is 0 Å². The van der Waals surface area contributed by atoms with Gasteiger partial charge in [0.1, 0.15) is 5.60 Å². The Morgan fingerprint density at radius 3 is 2.33 bits per heavy atom. The molecule has 4 nitrogen and oxygen atoms in total. The summed E-state index contributed by atoms with van der Waals surface area (Å²) in [6, 6.07) is 0. The highest BCUT2D eigenvalue weighted by atomic mass is 16.6. The lowest BCUT2D eigenvalue weighted by atomic mass is 9.96. The molecular formula is C14H28N2O2. The number of likely N-dealkylation sites (tertiary alicyclic amines) is 1. The number of hydrogen-bond donors (Lipinski definition) is 0. The van der Waals surface area contributed by atoms with Gasteiger partial charge in [-0.2, -0.15) is 0 Å². The van der Waals surface area contributed by atoms with Crippen LogP contribution in [0.4, 0.5) is 4.79 Å². The van der Waals surface area contributed by atoms with E-state index in [1.165, 1.54) is 0 Å². The summed E-state index contributed by atoms with van der Waals surface area (Å²) in [6.07, 6.45) is 2.01. The third-order valence-electron chi connectivity index (χ3n) is 3.38. The third kappa shape index (κ3) is 5.25. The maximum atomic E-state index is 11.9. The van der Waals surface area contributed by atoms with Crippen LogP contribution in [0.2, 0.25) is 0 Å². The predicted molar refractivity (Wildman–Crippen MR) is 73.7 cm³/mol. The van der Waals surface area contributed by atoms with Crippen LogP contribution in [0.3, 0.4) is 0 Å². The van der Waals surface area contributed by atoms with Crippen molar-refractivity contribution in [2.45, 2.75) is 46.1 Å². The van der Waals surface area contributed by atoms with E-state index in [9.17, 15) is 4.79 Å². The number of rotatable bonds is 3. The van der Waals surface area contributed by atoms with Crippen molar-refractivity contribution in [2.24, 2.45) is 5.92 Å². The Hall–Kier alpha value is -0.770. The van der Waals surface area contributed by atoms with Crippen LogP contribution in [0.25, 0.3) is 0 Å². The first-order chi connectivity index (χ1) is 8.31. The van der Waals surface area contributed by atoms with E-state index in [1.54, 1.807) is 0 Å². The van der Waals surface area contributed by atoms with Gasteiger partial charge in [-0.25, -0.2) is 4.79 Å². The molecule has 0 aromatic heterocycles. The molecule has 0 radical (unpaired) electrons. The second-order valence-electron chi connectivity index (χ2n) is 6.27. The quantitative estimate of drug-likeness (QED) is 0.778. The minimum absolute atomic E-state index is 0.162. The van der Waals surface area contributed by atoms with Gasteiger partial charge in [-0.15, -0.1) is 0 Å². The van der Waals surface area contributed by atoms with Crippen molar-refractivity contribution >= 4 is 6.09 Å². The zero-order chi connectivity index (χ0) is 13.8. The molecule has 1 aliphatic rings. The summed E-state index contributed by atoms with van der Waals surface area (Å²) in [5.74, 6) is 0.716. The average Bonchev–Trinajstić information content (AvgIpc) is 2.27. The third-order valence-corrected chi connectivity index (χ3v) is 3.38. The van der Waals surface area contributed by atoms with E-state index in [0.29, 0.717) is 5.92 Å². The minimum atomic E-state index is -0.392. The summed E-state index contributed by atoms with van der Waals surface area (Å²) >= 11 is 0. The van der Waals surface area contributed by atoms with Gasteiger partial charge >= 0.3 is 6.09 Å². The van der Waals surface area contributed by atoms with Crippen molar-refractivity contribution in [2.75, 3.05) is 33.2 Å². The van der Waals surface area contributed by atoms with E-state index in [0.717, 1.165) is 39.0 Å². The molecule has 0 aliphatic carbocycles. The van der Waals surface area contributed by atoms with Crippen molar-refractivity contribution in [1.29, 1.82) is 0 Å². The normalized spacial score (nSPS) is 18.2. The second kappa shape index (κ2) is 6.41. The number of ether oxygens (including phenoxy) is 1. The summed E-state index contributed by atoms with van der Waals surface area (Å²) < 4.78 is 5.39. The first-order valence-corrected chi connectivity index (χ1v) is 6.98. The van der Waals surface area contributed by atoms with Gasteiger partial charge in [-0.1, -0.05) is 6.92 Å². The Morgan fingerprint density at radius 2 is 1.89 bits per heavy atom. The summed E-state index contributed by atoms with van der Waals surface area (Å²) in [6.45, 7) is 11.8. The van der Waals surface area contributed by atoms with E-state index in [1.807, 2.05) is 25.7 Å². The molecule has 4 heteroatoms. The monoisotopic (exact) mass is 256 g/mol. The standard InChI is InChI=1S/C14H28N2O2/c1-6-15(5)11-12-7-9-16(10-8-12)13(17)18-14(2,3)4/h12H,6-11H2,1-5H3. The molecule has 18 heavy (non-hydrogen) atoms. The molecule has 0 atom stereocenters. The lowest BCUT2D eigenvalue weighted by Gasteiger charge is -2.34. The Balaban J connectivity index is 2.33. The summed E-state index contributed by atoms with van der Waals surface area (Å²) in [5.41, 5.74) is -0.392. The highest BCUT2D eigenvalue weighted by molar-refractivity contribution is 5.68. The van der Waals surface area contributed by atoms with Crippen LogP contribution < -0.4 is 0 Å². The molecule has 1 heterocycles. The largest absolute Gasteiger partial charge is 0.444 e. The van der Waals surface area contributed by atoms with Crippen LogP contribution in [-0.2, 0) is 4.74 Å². The van der Waals surface area contributed by atoms with Gasteiger partial charge in [0, 0.05) is 19.6 Å². The van der Waals surface area contributed by atoms with E-state index in [2.05, 4.69) is 18.9 Å². The average molecular weight is 256 g/mol. The van der Waals surface area contributed by atoms with Crippen molar-refractivity contribution < 1.29 is 9.53 Å². The lowest BCUT2D eigenvalue weighted by molar-refractivity contribution is 0.0173. The molecule has 0 aromatic rings. The van der Waals surface area contributed by atoms with Crippen molar-refractivity contribution in [3.05, 3.63) is 0 Å². The van der Waals surface area contributed by atoms with E-state index in [-0.39, 0.29) is 6.09 Å². The molecule has 0 spiro atoms. The maximum absolute atomic E-state index is 11.9. The molecule has 0 aromatic carbocycles. The van der Waals surface area contributed by atoms with E-state index >= 15 is 0 Å². The molecule has 106 valence electrons. The van der Waals surface area contributed by atoms with Crippen LogP contribution >= 0.6 is 0 Å². The van der Waals surface area contributed by atoms with Gasteiger partial charge in [-0.05, 0) is 53.1 Å². The number of carbonyl (C=O) groups excluding carboxylic acids is 1. The van der Waals surface area contributed by atoms with Gasteiger partial charge in [0.15, 0.2) is 0 Å². The van der Waals surface area contributed by atoms with Gasteiger partial charge < -0.3 is 14.5 Å². The molecule has 1 fully saturated rings. The summed E-state index contributed by atoms with van der Waals surface area (Å²) in [5, 5.41) is 0. The number of amides is 1. The van der Waals surface area contributed by atoms with Gasteiger partial charge in [0.05, 0.1) is 0 Å². The van der Waals surface area contributed by atoms with Crippen LogP contribution in [0.1, 0.15) is 40.5 Å². The zero-order valence-corrected chi connectivity index (χ0v) is 12.5. The molecular weight excluding hydrogens is 228 g/mol. The van der Waals surface area contributed by atoms with Crippen molar-refractivity contribution in [1.82, 2.24) is 9.80 Å². The molecule has 1 amide bonds. The highest BCUT2D eigenvalue weighted by Gasteiger charge is 2.26. The first-order valence-electron chi connectivity index (χ1n) is 6.98. The topological polar surface area (TPSA) is 32.8 Å². The fraction of sp³-hybridized carbons (Fsp3) is 0.929. The Bertz CT molecular complexity index is 265. The molecule has 1 rings (SSSR count). The number of carbonyl (C=O) groups is 1. The Kier molecular flexibility index (Phi) is 5.45. The SMILES string of the molecule is CCN(C)CC1CCN(C(=O)OC(C)(C)C)CC1. The maximum Gasteiger partial charge on any atom is 0.410 e. The summed E-state index contributed by atoms with van der Waals surface area (Å²) in [4.78, 5) is 16.1. The van der Waals surface area contributed by atoms with Crippen LogP contribution in [0.15, 0.2) is 0 Å². The minimum Gasteiger partial charge on any atom is -0.444 e. The number of hydrogen-bond acceptors (Lipinski definition) is 3. The molecule has 0 N–H and O–H groups in total. The molecule has 1 saturated heterocycles. The fourth-order valence-electron chi connectivity index (χ4n) is 2.19. The van der Waals surface area contributed by atoms with Crippen LogP contribution in [0, 0.1) is 5.92 Å². The van der Waals surface area contributed by atoms with Crippen molar-refractivity contribution in [3.8, 4) is 0 Å². The van der Waals surface area contributed by atoms with Gasteiger partial charge in [0.25, 0.3) is 0 Å². The first kappa shape index (κ1) is 15.3. The highest BCUT2D eigenvalue weighted by Crippen LogP contribution is 2.20. The predicted octanol–water partition coefficient (Wildman–Crippen LogP) is 2.59. The fourth-order valence-corrected chi connectivity index (χ4v) is 2.19. The molecule has 0 unspecified atom stereocenters. The molecule has 1 aliphatic heterocycles. The Morgan fingerprint density at radius 1 is 1.33 bits per heavy atom. The summed E-state index contributed by atoms with van der Waals surface area (Å²) in [7, 11) is 2.15. The molecule has 0 saturated carbocycles. The number of nitrogens with zero attached hydrogens (tertiary/aromatic N) is 2.